The fourth-order valence-electron chi connectivity index (χ4n) is 0.667. The second-order valence-electron chi connectivity index (χ2n) is 1.84. The maximum atomic E-state index is 8.52. The van der Waals surface area contributed by atoms with Crippen LogP contribution in [0.5, 0.6) is 0 Å². The van der Waals surface area contributed by atoms with Crippen LogP contribution < -0.4 is 0 Å². The number of hydrogen-bond acceptors (Lipinski definition) is 1. The van der Waals surface area contributed by atoms with Crippen molar-refractivity contribution in [3.05, 3.63) is 23.8 Å². The van der Waals surface area contributed by atoms with Gasteiger partial charge in [0.2, 0.25) is 0 Å². The SMILES string of the molecule is CC=CC(=CC)CCO. The van der Waals surface area contributed by atoms with Crippen molar-refractivity contribution in [3.63, 3.8) is 0 Å². The predicted molar refractivity (Wildman–Crippen MR) is 40.3 cm³/mol. The zero-order valence-corrected chi connectivity index (χ0v) is 6.09. The van der Waals surface area contributed by atoms with E-state index in [0.717, 1.165) is 6.42 Å². The standard InChI is InChI=1S/C8H14O/c1-3-5-8(4-2)6-7-9/h3-5,9H,6-7H2,1-2H3. The van der Waals surface area contributed by atoms with E-state index < -0.39 is 0 Å². The summed E-state index contributed by atoms with van der Waals surface area (Å²) >= 11 is 0. The molecule has 0 bridgehead atoms. The van der Waals surface area contributed by atoms with Gasteiger partial charge in [0.05, 0.1) is 0 Å². The lowest BCUT2D eigenvalue weighted by Crippen LogP contribution is -1.83. The van der Waals surface area contributed by atoms with Crippen LogP contribution in [0.4, 0.5) is 0 Å². The van der Waals surface area contributed by atoms with Gasteiger partial charge >= 0.3 is 0 Å². The van der Waals surface area contributed by atoms with E-state index in [9.17, 15) is 0 Å². The van der Waals surface area contributed by atoms with Crippen molar-refractivity contribution in [2.24, 2.45) is 0 Å². The molecule has 0 rings (SSSR count). The van der Waals surface area contributed by atoms with Crippen LogP contribution in [0.1, 0.15) is 20.3 Å². The van der Waals surface area contributed by atoms with Gasteiger partial charge < -0.3 is 5.11 Å². The van der Waals surface area contributed by atoms with E-state index in [1.54, 1.807) is 0 Å². The lowest BCUT2D eigenvalue weighted by Gasteiger charge is -1.94. The molecule has 1 N–H and O–H groups in total. The van der Waals surface area contributed by atoms with Gasteiger partial charge in [0, 0.05) is 6.61 Å². The van der Waals surface area contributed by atoms with E-state index in [2.05, 4.69) is 0 Å². The van der Waals surface area contributed by atoms with Gasteiger partial charge in [-0.15, -0.1) is 0 Å². The minimum atomic E-state index is 0.240. The summed E-state index contributed by atoms with van der Waals surface area (Å²) in [7, 11) is 0. The van der Waals surface area contributed by atoms with E-state index in [4.69, 9.17) is 5.11 Å². The van der Waals surface area contributed by atoms with Gasteiger partial charge in [0.15, 0.2) is 0 Å². The van der Waals surface area contributed by atoms with Crippen molar-refractivity contribution in [3.8, 4) is 0 Å². The lowest BCUT2D eigenvalue weighted by atomic mass is 10.2. The Hall–Kier alpha value is -0.560. The highest BCUT2D eigenvalue weighted by Gasteiger charge is 1.85. The van der Waals surface area contributed by atoms with Crippen LogP contribution in [0.2, 0.25) is 0 Å². The zero-order chi connectivity index (χ0) is 7.11. The monoisotopic (exact) mass is 126 g/mol. The Balaban J connectivity index is 3.70. The first-order chi connectivity index (χ1) is 4.35. The molecule has 0 aliphatic carbocycles. The number of rotatable bonds is 3. The summed E-state index contributed by atoms with van der Waals surface area (Å²) in [4.78, 5) is 0. The van der Waals surface area contributed by atoms with Crippen molar-refractivity contribution in [2.45, 2.75) is 20.3 Å². The Bertz CT molecular complexity index is 112. The molecule has 0 aromatic carbocycles. The van der Waals surface area contributed by atoms with E-state index in [1.165, 1.54) is 5.57 Å². The Morgan fingerprint density at radius 2 is 2.11 bits per heavy atom. The second-order valence-corrected chi connectivity index (χ2v) is 1.84. The number of hydrogen-bond donors (Lipinski definition) is 1. The fourth-order valence-corrected chi connectivity index (χ4v) is 0.667. The summed E-state index contributed by atoms with van der Waals surface area (Å²) in [6.07, 6.45) is 6.76. The van der Waals surface area contributed by atoms with Gasteiger partial charge in [0.1, 0.15) is 0 Å². The van der Waals surface area contributed by atoms with Crippen molar-refractivity contribution < 1.29 is 5.11 Å². The maximum Gasteiger partial charge on any atom is 0.0471 e. The first-order valence-corrected chi connectivity index (χ1v) is 3.24. The van der Waals surface area contributed by atoms with Crippen LogP contribution in [0, 0.1) is 0 Å². The first-order valence-electron chi connectivity index (χ1n) is 3.24. The molecular formula is C8H14O. The molecule has 0 atom stereocenters. The van der Waals surface area contributed by atoms with Gasteiger partial charge in [-0.2, -0.15) is 0 Å². The molecule has 0 aromatic heterocycles. The normalized spacial score (nSPS) is 13.0. The van der Waals surface area contributed by atoms with Crippen molar-refractivity contribution >= 4 is 0 Å². The Morgan fingerprint density at radius 1 is 1.44 bits per heavy atom. The van der Waals surface area contributed by atoms with Crippen LogP contribution in [0.25, 0.3) is 0 Å². The fraction of sp³-hybridized carbons (Fsp3) is 0.500. The van der Waals surface area contributed by atoms with Crippen molar-refractivity contribution in [1.82, 2.24) is 0 Å². The maximum absolute atomic E-state index is 8.52. The highest BCUT2D eigenvalue weighted by molar-refractivity contribution is 5.16. The molecule has 9 heavy (non-hydrogen) atoms. The summed E-state index contributed by atoms with van der Waals surface area (Å²) < 4.78 is 0. The van der Waals surface area contributed by atoms with E-state index >= 15 is 0 Å². The molecular weight excluding hydrogens is 112 g/mol. The van der Waals surface area contributed by atoms with Gasteiger partial charge in [-0.05, 0) is 20.3 Å². The molecule has 0 unspecified atom stereocenters. The third-order valence-corrected chi connectivity index (χ3v) is 1.15. The van der Waals surface area contributed by atoms with Crippen LogP contribution in [-0.4, -0.2) is 11.7 Å². The highest BCUT2D eigenvalue weighted by Crippen LogP contribution is 2.00. The molecule has 52 valence electrons. The van der Waals surface area contributed by atoms with Gasteiger partial charge in [-0.25, -0.2) is 0 Å². The molecule has 0 saturated carbocycles. The molecule has 0 aliphatic rings. The molecule has 0 spiro atoms. The third-order valence-electron chi connectivity index (χ3n) is 1.15. The minimum absolute atomic E-state index is 0.240. The molecule has 0 aromatic rings. The van der Waals surface area contributed by atoms with Crippen LogP contribution in [-0.2, 0) is 0 Å². The van der Waals surface area contributed by atoms with E-state index in [-0.39, 0.29) is 6.61 Å². The summed E-state index contributed by atoms with van der Waals surface area (Å²) in [5.41, 5.74) is 1.19. The molecule has 0 amide bonds. The summed E-state index contributed by atoms with van der Waals surface area (Å²) in [6.45, 7) is 4.19. The summed E-state index contributed by atoms with van der Waals surface area (Å²) in [5.74, 6) is 0. The van der Waals surface area contributed by atoms with E-state index in [0.29, 0.717) is 0 Å². The Labute approximate surface area is 56.7 Å². The van der Waals surface area contributed by atoms with Gasteiger partial charge in [-0.1, -0.05) is 23.8 Å². The van der Waals surface area contributed by atoms with Crippen LogP contribution >= 0.6 is 0 Å². The molecule has 0 fully saturated rings. The number of aliphatic hydroxyl groups is 1. The van der Waals surface area contributed by atoms with Crippen LogP contribution in [0.3, 0.4) is 0 Å². The number of aliphatic hydroxyl groups excluding tert-OH is 1. The third kappa shape index (κ3) is 3.98. The molecule has 1 heteroatoms. The molecule has 0 radical (unpaired) electrons. The largest absolute Gasteiger partial charge is 0.396 e. The molecule has 0 saturated heterocycles. The topological polar surface area (TPSA) is 20.2 Å². The molecule has 0 aliphatic heterocycles. The Morgan fingerprint density at radius 3 is 2.44 bits per heavy atom. The number of allylic oxidation sites excluding steroid dienone is 3. The average molecular weight is 126 g/mol. The smallest absolute Gasteiger partial charge is 0.0471 e. The predicted octanol–water partition coefficient (Wildman–Crippen LogP) is 1.89. The van der Waals surface area contributed by atoms with Gasteiger partial charge in [-0.3, -0.25) is 0 Å². The quantitative estimate of drug-likeness (QED) is 0.572. The highest BCUT2D eigenvalue weighted by atomic mass is 16.2. The second kappa shape index (κ2) is 5.57. The van der Waals surface area contributed by atoms with Crippen molar-refractivity contribution in [1.29, 1.82) is 0 Å². The average Bonchev–Trinajstić information content (AvgIpc) is 1.88. The molecule has 0 heterocycles. The lowest BCUT2D eigenvalue weighted by molar-refractivity contribution is 0.300. The van der Waals surface area contributed by atoms with E-state index in [1.807, 2.05) is 32.1 Å². The summed E-state index contributed by atoms with van der Waals surface area (Å²) in [5, 5.41) is 8.52. The zero-order valence-electron chi connectivity index (χ0n) is 6.09. The Kier molecular flexibility index (Phi) is 5.23. The molecule has 1 nitrogen and oxygen atoms in total. The minimum Gasteiger partial charge on any atom is -0.396 e. The van der Waals surface area contributed by atoms with Gasteiger partial charge in [0.25, 0.3) is 0 Å². The summed E-state index contributed by atoms with van der Waals surface area (Å²) in [6, 6.07) is 0. The van der Waals surface area contributed by atoms with Crippen LogP contribution in [0.15, 0.2) is 23.8 Å². The first kappa shape index (κ1) is 8.44. The van der Waals surface area contributed by atoms with Crippen molar-refractivity contribution in [2.75, 3.05) is 6.61 Å².